The molecule has 1 aromatic heterocycles. The fourth-order valence-corrected chi connectivity index (χ4v) is 5.98. The Morgan fingerprint density at radius 1 is 0.935 bits per heavy atom. The van der Waals surface area contributed by atoms with Gasteiger partial charge >= 0.3 is 0 Å². The third-order valence-electron chi connectivity index (χ3n) is 6.77. The van der Waals surface area contributed by atoms with E-state index in [2.05, 4.69) is 13.8 Å². The molecule has 0 unspecified atom stereocenters. The van der Waals surface area contributed by atoms with Crippen LogP contribution in [0.1, 0.15) is 39.5 Å². The van der Waals surface area contributed by atoms with Crippen molar-refractivity contribution in [1.82, 2.24) is 13.8 Å². The first-order valence-corrected chi connectivity index (χ1v) is 12.6. The van der Waals surface area contributed by atoms with Crippen molar-refractivity contribution in [3.8, 4) is 0 Å². The highest BCUT2D eigenvalue weighted by molar-refractivity contribution is 7.89. The summed E-state index contributed by atoms with van der Waals surface area (Å²) in [7, 11) is -3.57. The lowest BCUT2D eigenvalue weighted by atomic mass is 9.99. The number of likely N-dealkylation sites (tertiary alicyclic amines) is 1. The molecule has 2 aliphatic rings. The standard InChI is InChI=1S/C23H31N3O4S/c1-17-7-11-24(12-8-17)23(28)16-26-21-5-4-20(15-19(21)3-6-22(26)27)31(29,30)25-13-9-18(2)10-14-25/h3-6,15,17-18H,7-14,16H2,1-2H3. The zero-order chi connectivity index (χ0) is 22.2. The molecule has 1 aromatic carbocycles. The molecule has 2 aliphatic heterocycles. The summed E-state index contributed by atoms with van der Waals surface area (Å²) < 4.78 is 29.2. The van der Waals surface area contributed by atoms with Crippen LogP contribution in [0.15, 0.2) is 40.0 Å². The van der Waals surface area contributed by atoms with E-state index in [1.807, 2.05) is 4.90 Å². The van der Waals surface area contributed by atoms with E-state index in [0.717, 1.165) is 38.8 Å². The number of rotatable bonds is 4. The number of aromatic nitrogens is 1. The number of piperidine rings is 2. The van der Waals surface area contributed by atoms with Crippen molar-refractivity contribution in [2.24, 2.45) is 11.8 Å². The van der Waals surface area contributed by atoms with Gasteiger partial charge in [-0.2, -0.15) is 4.31 Å². The Kier molecular flexibility index (Phi) is 6.21. The molecule has 0 atom stereocenters. The van der Waals surface area contributed by atoms with Crippen LogP contribution in [0.25, 0.3) is 10.9 Å². The van der Waals surface area contributed by atoms with Gasteiger partial charge in [0, 0.05) is 32.2 Å². The highest BCUT2D eigenvalue weighted by Gasteiger charge is 2.28. The summed E-state index contributed by atoms with van der Waals surface area (Å²) in [6, 6.07) is 7.87. The molecule has 2 aromatic rings. The van der Waals surface area contributed by atoms with Crippen LogP contribution in [0.5, 0.6) is 0 Å². The fraction of sp³-hybridized carbons (Fsp3) is 0.565. The minimum atomic E-state index is -3.57. The summed E-state index contributed by atoms with van der Waals surface area (Å²) in [5.41, 5.74) is 0.323. The Bertz CT molecular complexity index is 1130. The summed E-state index contributed by atoms with van der Waals surface area (Å²) in [6.07, 6.45) is 3.69. The molecule has 168 valence electrons. The Balaban J connectivity index is 1.61. The molecule has 0 radical (unpaired) electrons. The summed E-state index contributed by atoms with van der Waals surface area (Å²) in [4.78, 5) is 27.4. The molecule has 4 rings (SSSR count). The third-order valence-corrected chi connectivity index (χ3v) is 8.67. The topological polar surface area (TPSA) is 79.7 Å². The van der Waals surface area contributed by atoms with Gasteiger partial charge in [0.2, 0.25) is 15.9 Å². The molecule has 8 heteroatoms. The highest BCUT2D eigenvalue weighted by atomic mass is 32.2. The second-order valence-corrected chi connectivity index (χ2v) is 11.1. The Morgan fingerprint density at radius 2 is 1.55 bits per heavy atom. The summed E-state index contributed by atoms with van der Waals surface area (Å²) in [5, 5.41) is 0.645. The number of pyridine rings is 1. The molecule has 0 spiro atoms. The smallest absolute Gasteiger partial charge is 0.251 e. The van der Waals surface area contributed by atoms with Crippen LogP contribution in [-0.2, 0) is 21.4 Å². The number of carbonyl (C=O) groups is 1. The van der Waals surface area contributed by atoms with Gasteiger partial charge in [-0.25, -0.2) is 8.42 Å². The lowest BCUT2D eigenvalue weighted by molar-refractivity contribution is -0.133. The van der Waals surface area contributed by atoms with E-state index >= 15 is 0 Å². The molecule has 0 bridgehead atoms. The van der Waals surface area contributed by atoms with E-state index in [0.29, 0.717) is 35.8 Å². The van der Waals surface area contributed by atoms with Gasteiger partial charge in [-0.3, -0.25) is 14.2 Å². The summed E-state index contributed by atoms with van der Waals surface area (Å²) in [5.74, 6) is 1.09. The zero-order valence-corrected chi connectivity index (χ0v) is 19.1. The number of sulfonamides is 1. The van der Waals surface area contributed by atoms with E-state index in [1.165, 1.54) is 10.6 Å². The van der Waals surface area contributed by atoms with E-state index < -0.39 is 10.0 Å². The van der Waals surface area contributed by atoms with E-state index in [4.69, 9.17) is 0 Å². The maximum atomic E-state index is 13.1. The van der Waals surface area contributed by atoms with Gasteiger partial charge in [0.15, 0.2) is 0 Å². The van der Waals surface area contributed by atoms with Crippen molar-refractivity contribution in [2.75, 3.05) is 26.2 Å². The molecule has 7 nitrogen and oxygen atoms in total. The van der Waals surface area contributed by atoms with Gasteiger partial charge in [0.1, 0.15) is 6.54 Å². The van der Waals surface area contributed by atoms with Crippen molar-refractivity contribution in [1.29, 1.82) is 0 Å². The van der Waals surface area contributed by atoms with Crippen LogP contribution in [0.3, 0.4) is 0 Å². The van der Waals surface area contributed by atoms with Gasteiger partial charge in [0.05, 0.1) is 10.4 Å². The molecule has 3 heterocycles. The molecule has 0 N–H and O–H groups in total. The molecule has 2 fully saturated rings. The lowest BCUT2D eigenvalue weighted by Crippen LogP contribution is -2.41. The molecule has 0 saturated carbocycles. The average molecular weight is 446 g/mol. The van der Waals surface area contributed by atoms with Gasteiger partial charge in [0.25, 0.3) is 5.56 Å². The molecule has 0 aliphatic carbocycles. The molecular formula is C23H31N3O4S. The predicted octanol–water partition coefficient (Wildman–Crippen LogP) is 2.68. The van der Waals surface area contributed by atoms with Crippen molar-refractivity contribution < 1.29 is 13.2 Å². The van der Waals surface area contributed by atoms with Crippen LogP contribution in [0.2, 0.25) is 0 Å². The Morgan fingerprint density at radius 3 is 2.19 bits per heavy atom. The van der Waals surface area contributed by atoms with Crippen LogP contribution < -0.4 is 5.56 Å². The maximum Gasteiger partial charge on any atom is 0.251 e. The number of hydrogen-bond acceptors (Lipinski definition) is 4. The minimum absolute atomic E-state index is 0.0271. The SMILES string of the molecule is CC1CCN(C(=O)Cn2c(=O)ccc3cc(S(=O)(=O)N4CCC(C)CC4)ccc32)CC1. The number of amides is 1. The van der Waals surface area contributed by atoms with Crippen LogP contribution in [0.4, 0.5) is 0 Å². The predicted molar refractivity (Wildman–Crippen MR) is 120 cm³/mol. The van der Waals surface area contributed by atoms with Gasteiger partial charge < -0.3 is 4.90 Å². The molecule has 31 heavy (non-hydrogen) atoms. The van der Waals surface area contributed by atoms with Crippen LogP contribution in [-0.4, -0.2) is 54.3 Å². The molecule has 1 amide bonds. The first-order valence-electron chi connectivity index (χ1n) is 11.2. The monoisotopic (exact) mass is 445 g/mol. The largest absolute Gasteiger partial charge is 0.341 e. The summed E-state index contributed by atoms with van der Waals surface area (Å²) >= 11 is 0. The van der Waals surface area contributed by atoms with E-state index in [1.54, 1.807) is 28.6 Å². The lowest BCUT2D eigenvalue weighted by Gasteiger charge is -2.30. The van der Waals surface area contributed by atoms with Crippen molar-refractivity contribution in [2.45, 2.75) is 51.0 Å². The Hall–Kier alpha value is -2.19. The van der Waals surface area contributed by atoms with Crippen molar-refractivity contribution in [3.63, 3.8) is 0 Å². The van der Waals surface area contributed by atoms with E-state index in [9.17, 15) is 18.0 Å². The third kappa shape index (κ3) is 4.55. The molecular weight excluding hydrogens is 414 g/mol. The highest BCUT2D eigenvalue weighted by Crippen LogP contribution is 2.26. The second-order valence-electron chi connectivity index (χ2n) is 9.13. The van der Waals surface area contributed by atoms with Crippen molar-refractivity contribution in [3.05, 3.63) is 40.7 Å². The molecule has 2 saturated heterocycles. The zero-order valence-electron chi connectivity index (χ0n) is 18.3. The van der Waals surface area contributed by atoms with Crippen molar-refractivity contribution >= 4 is 26.8 Å². The van der Waals surface area contributed by atoms with Gasteiger partial charge in [-0.1, -0.05) is 13.8 Å². The first-order chi connectivity index (χ1) is 14.8. The van der Waals surface area contributed by atoms with Gasteiger partial charge in [-0.05, 0) is 67.2 Å². The summed E-state index contributed by atoms with van der Waals surface area (Å²) in [6.45, 7) is 6.81. The number of nitrogens with zero attached hydrogens (tertiary/aromatic N) is 3. The first kappa shape index (κ1) is 22.0. The minimum Gasteiger partial charge on any atom is -0.341 e. The number of hydrogen-bond donors (Lipinski definition) is 0. The number of benzene rings is 1. The quantitative estimate of drug-likeness (QED) is 0.725. The number of fused-ring (bicyclic) bond motifs is 1. The van der Waals surface area contributed by atoms with Gasteiger partial charge in [-0.15, -0.1) is 0 Å². The Labute approximate surface area is 183 Å². The second kappa shape index (κ2) is 8.74. The normalized spacial score (nSPS) is 19.7. The number of carbonyl (C=O) groups excluding carboxylic acids is 1. The fourth-order valence-electron chi connectivity index (χ4n) is 4.47. The van der Waals surface area contributed by atoms with Crippen LogP contribution in [0, 0.1) is 11.8 Å². The average Bonchev–Trinajstić information content (AvgIpc) is 2.76. The van der Waals surface area contributed by atoms with Crippen LogP contribution >= 0.6 is 0 Å². The van der Waals surface area contributed by atoms with E-state index in [-0.39, 0.29) is 22.9 Å². The maximum absolute atomic E-state index is 13.1.